The zero-order valence-corrected chi connectivity index (χ0v) is 17.0. The van der Waals surface area contributed by atoms with E-state index in [1.54, 1.807) is 19.2 Å². The summed E-state index contributed by atoms with van der Waals surface area (Å²) in [5.41, 5.74) is 1.88. The van der Waals surface area contributed by atoms with Crippen molar-refractivity contribution in [1.82, 2.24) is 9.21 Å². The third kappa shape index (κ3) is 4.58. The second-order valence-corrected chi connectivity index (χ2v) is 8.69. The summed E-state index contributed by atoms with van der Waals surface area (Å²) in [6, 6.07) is 14.5. The molecule has 1 aliphatic rings. The second kappa shape index (κ2) is 8.24. The van der Waals surface area contributed by atoms with E-state index in [1.807, 2.05) is 48.2 Å². The smallest absolute Gasteiger partial charge is 0.243 e. The van der Waals surface area contributed by atoms with Crippen molar-refractivity contribution in [2.45, 2.75) is 11.8 Å². The Balaban J connectivity index is 1.61. The van der Waals surface area contributed by atoms with E-state index in [1.165, 1.54) is 4.31 Å². The van der Waals surface area contributed by atoms with Gasteiger partial charge in [-0.15, -0.1) is 0 Å². The van der Waals surface area contributed by atoms with Crippen LogP contribution in [-0.4, -0.2) is 56.0 Å². The fourth-order valence-corrected chi connectivity index (χ4v) is 4.62. The summed E-state index contributed by atoms with van der Waals surface area (Å²) in [4.78, 5) is 2.31. The van der Waals surface area contributed by atoms with Gasteiger partial charge in [0.05, 0.1) is 12.0 Å². The number of thiocarbonyl (C=S) groups is 1. The number of nitrogens with zero attached hydrogens (tertiary/aromatic N) is 2. The summed E-state index contributed by atoms with van der Waals surface area (Å²) in [6.45, 7) is 3.82. The third-order valence-corrected chi connectivity index (χ3v) is 6.78. The monoisotopic (exact) mass is 405 g/mol. The number of piperazine rings is 1. The van der Waals surface area contributed by atoms with Gasteiger partial charge >= 0.3 is 0 Å². The number of sulfonamides is 1. The maximum absolute atomic E-state index is 12.8. The number of hydrogen-bond acceptors (Lipinski definition) is 4. The lowest BCUT2D eigenvalue weighted by Gasteiger charge is -2.35. The van der Waals surface area contributed by atoms with Crippen LogP contribution in [0.3, 0.4) is 0 Å². The van der Waals surface area contributed by atoms with Gasteiger partial charge in [-0.05, 0) is 43.4 Å². The summed E-state index contributed by atoms with van der Waals surface area (Å²) in [5.74, 6) is 0.747. The molecule has 27 heavy (non-hydrogen) atoms. The minimum absolute atomic E-state index is 0.332. The van der Waals surface area contributed by atoms with Crippen LogP contribution >= 0.6 is 12.2 Å². The lowest BCUT2D eigenvalue weighted by molar-refractivity contribution is 0.268. The van der Waals surface area contributed by atoms with Crippen LogP contribution < -0.4 is 10.1 Å². The Morgan fingerprint density at radius 2 is 1.74 bits per heavy atom. The lowest BCUT2D eigenvalue weighted by atomic mass is 10.2. The Morgan fingerprint density at radius 3 is 2.37 bits per heavy atom. The molecule has 3 rings (SSSR count). The maximum atomic E-state index is 12.8. The van der Waals surface area contributed by atoms with E-state index >= 15 is 0 Å². The molecule has 8 heteroatoms. The molecule has 0 atom stereocenters. The van der Waals surface area contributed by atoms with Crippen molar-refractivity contribution in [1.29, 1.82) is 0 Å². The van der Waals surface area contributed by atoms with Crippen LogP contribution in [0, 0.1) is 6.92 Å². The normalized spacial score (nSPS) is 15.4. The van der Waals surface area contributed by atoms with Gasteiger partial charge in [-0.3, -0.25) is 0 Å². The van der Waals surface area contributed by atoms with Gasteiger partial charge < -0.3 is 15.0 Å². The molecule has 1 N–H and O–H groups in total. The quantitative estimate of drug-likeness (QED) is 0.790. The van der Waals surface area contributed by atoms with E-state index < -0.39 is 10.0 Å². The van der Waals surface area contributed by atoms with Crippen molar-refractivity contribution in [3.8, 4) is 5.75 Å². The lowest BCUT2D eigenvalue weighted by Crippen LogP contribution is -2.51. The predicted octanol–water partition coefficient (Wildman–Crippen LogP) is 2.71. The molecule has 0 aromatic heterocycles. The molecule has 0 amide bonds. The first-order chi connectivity index (χ1) is 12.9. The molecule has 0 radical (unpaired) electrons. The van der Waals surface area contributed by atoms with Crippen LogP contribution in [0.5, 0.6) is 5.75 Å². The summed E-state index contributed by atoms with van der Waals surface area (Å²) in [7, 11) is -1.85. The summed E-state index contributed by atoms with van der Waals surface area (Å²) >= 11 is 5.48. The van der Waals surface area contributed by atoms with E-state index in [0.29, 0.717) is 36.2 Å². The van der Waals surface area contributed by atoms with Crippen molar-refractivity contribution in [2.24, 2.45) is 0 Å². The molecule has 2 aromatic carbocycles. The van der Waals surface area contributed by atoms with E-state index in [2.05, 4.69) is 5.32 Å². The number of rotatable bonds is 4. The molecule has 2 aromatic rings. The molecule has 6 nitrogen and oxygen atoms in total. The van der Waals surface area contributed by atoms with Gasteiger partial charge in [0.2, 0.25) is 10.0 Å². The molecule has 0 saturated carbocycles. The van der Waals surface area contributed by atoms with Gasteiger partial charge in [-0.2, -0.15) is 4.31 Å². The Hall–Kier alpha value is -2.16. The molecule has 1 saturated heterocycles. The minimum Gasteiger partial charge on any atom is -0.497 e. The first-order valence-electron chi connectivity index (χ1n) is 8.67. The Morgan fingerprint density at radius 1 is 1.07 bits per heavy atom. The van der Waals surface area contributed by atoms with E-state index in [0.717, 1.165) is 17.0 Å². The number of hydrogen-bond donors (Lipinski definition) is 1. The van der Waals surface area contributed by atoms with Crippen molar-refractivity contribution in [2.75, 3.05) is 38.6 Å². The number of ether oxygens (including phenoxy) is 1. The molecule has 1 heterocycles. The van der Waals surface area contributed by atoms with Crippen molar-refractivity contribution >= 4 is 33.0 Å². The number of nitrogens with one attached hydrogen (secondary N) is 1. The fraction of sp³-hybridized carbons (Fsp3) is 0.316. The Kier molecular flexibility index (Phi) is 5.98. The number of methoxy groups -OCH3 is 1. The number of aryl methyl sites for hydroxylation is 1. The van der Waals surface area contributed by atoms with Gasteiger partial charge in [0.15, 0.2) is 5.11 Å². The zero-order valence-electron chi connectivity index (χ0n) is 15.4. The average molecular weight is 406 g/mol. The highest BCUT2D eigenvalue weighted by molar-refractivity contribution is 7.89. The molecule has 144 valence electrons. The molecule has 1 fully saturated rings. The molecule has 1 aliphatic heterocycles. The zero-order chi connectivity index (χ0) is 19.4. The van der Waals surface area contributed by atoms with Crippen LogP contribution in [0.4, 0.5) is 5.69 Å². The molecule has 0 aliphatic carbocycles. The van der Waals surface area contributed by atoms with Gasteiger partial charge in [0.25, 0.3) is 0 Å². The van der Waals surface area contributed by atoms with Crippen LogP contribution in [0.15, 0.2) is 53.4 Å². The predicted molar refractivity (Wildman–Crippen MR) is 111 cm³/mol. The molecular formula is C19H23N3O3S2. The first kappa shape index (κ1) is 19.6. The molecule has 0 unspecified atom stereocenters. The Bertz CT molecular complexity index is 906. The van der Waals surface area contributed by atoms with Gasteiger partial charge in [-0.1, -0.05) is 23.8 Å². The van der Waals surface area contributed by atoms with Gasteiger partial charge in [0.1, 0.15) is 5.75 Å². The highest BCUT2D eigenvalue weighted by atomic mass is 32.2. The maximum Gasteiger partial charge on any atom is 0.243 e. The van der Waals surface area contributed by atoms with E-state index in [-0.39, 0.29) is 0 Å². The van der Waals surface area contributed by atoms with Gasteiger partial charge in [-0.25, -0.2) is 8.42 Å². The first-order valence-corrected chi connectivity index (χ1v) is 10.5. The van der Waals surface area contributed by atoms with Crippen molar-refractivity contribution < 1.29 is 13.2 Å². The summed E-state index contributed by atoms with van der Waals surface area (Å²) < 4.78 is 32.3. The molecule has 0 bridgehead atoms. The number of anilines is 1. The van der Waals surface area contributed by atoms with Crippen molar-refractivity contribution in [3.63, 3.8) is 0 Å². The van der Waals surface area contributed by atoms with Gasteiger partial charge in [0, 0.05) is 37.9 Å². The fourth-order valence-electron chi connectivity index (χ4n) is 2.89. The van der Waals surface area contributed by atoms with Crippen LogP contribution in [0.1, 0.15) is 5.56 Å². The highest BCUT2D eigenvalue weighted by Crippen LogP contribution is 2.20. The molecule has 0 spiro atoms. The molecular weight excluding hydrogens is 382 g/mol. The third-order valence-electron chi connectivity index (χ3n) is 4.51. The SMILES string of the molecule is COc1cccc(NC(=S)N2CCN(S(=O)(=O)c3ccc(C)cc3)CC2)c1. The van der Waals surface area contributed by atoms with E-state index in [4.69, 9.17) is 17.0 Å². The van der Waals surface area contributed by atoms with E-state index in [9.17, 15) is 8.42 Å². The topological polar surface area (TPSA) is 61.9 Å². The summed E-state index contributed by atoms with van der Waals surface area (Å²) in [6.07, 6.45) is 0. The van der Waals surface area contributed by atoms with Crippen LogP contribution in [-0.2, 0) is 10.0 Å². The Labute approximate surface area is 165 Å². The standard InChI is InChI=1S/C19H23N3O3S2/c1-15-6-8-18(9-7-15)27(23,24)22-12-10-21(11-13-22)19(26)20-16-4-3-5-17(14-16)25-2/h3-9,14H,10-13H2,1-2H3,(H,20,26). The van der Waals surface area contributed by atoms with Crippen molar-refractivity contribution in [3.05, 3.63) is 54.1 Å². The minimum atomic E-state index is -3.47. The van der Waals surface area contributed by atoms with Crippen LogP contribution in [0.2, 0.25) is 0 Å². The average Bonchev–Trinajstić information content (AvgIpc) is 2.68. The van der Waals surface area contributed by atoms with Crippen LogP contribution in [0.25, 0.3) is 0 Å². The number of benzene rings is 2. The second-order valence-electron chi connectivity index (χ2n) is 6.37. The highest BCUT2D eigenvalue weighted by Gasteiger charge is 2.29. The largest absolute Gasteiger partial charge is 0.497 e. The summed E-state index contributed by atoms with van der Waals surface area (Å²) in [5, 5.41) is 3.77.